The summed E-state index contributed by atoms with van der Waals surface area (Å²) >= 11 is 0. The van der Waals surface area contributed by atoms with Crippen molar-refractivity contribution in [3.63, 3.8) is 0 Å². The minimum atomic E-state index is -1.79. The van der Waals surface area contributed by atoms with E-state index < -0.39 is 14.1 Å². The van der Waals surface area contributed by atoms with Crippen molar-refractivity contribution in [1.82, 2.24) is 0 Å². The fourth-order valence-corrected chi connectivity index (χ4v) is 10.6. The quantitative estimate of drug-likeness (QED) is 0.290. The third kappa shape index (κ3) is 3.67. The van der Waals surface area contributed by atoms with Crippen molar-refractivity contribution in [3.05, 3.63) is 11.6 Å². The molecule has 1 saturated heterocycles. The van der Waals surface area contributed by atoms with Crippen molar-refractivity contribution < 1.29 is 13.9 Å². The van der Waals surface area contributed by atoms with Crippen molar-refractivity contribution in [3.8, 4) is 0 Å². The molecule has 0 amide bonds. The highest BCUT2D eigenvalue weighted by Gasteiger charge is 2.68. The lowest BCUT2D eigenvalue weighted by atomic mass is 9.43. The Balaban J connectivity index is 1.48. The molecule has 0 aromatic rings. The van der Waals surface area contributed by atoms with Crippen LogP contribution in [0.1, 0.15) is 100 Å². The second-order valence-electron chi connectivity index (χ2n) is 15.1. The molecule has 5 fully saturated rings. The van der Waals surface area contributed by atoms with Gasteiger partial charge in [0, 0.05) is 6.10 Å². The molecule has 9 atom stereocenters. The van der Waals surface area contributed by atoms with E-state index in [0.29, 0.717) is 28.8 Å². The van der Waals surface area contributed by atoms with Crippen LogP contribution >= 0.6 is 0 Å². The van der Waals surface area contributed by atoms with Gasteiger partial charge in [-0.2, -0.15) is 0 Å². The summed E-state index contributed by atoms with van der Waals surface area (Å²) in [5.74, 6) is 2.17. The number of fused-ring (bicyclic) bond motifs is 8. The van der Waals surface area contributed by atoms with E-state index in [0.717, 1.165) is 18.3 Å². The molecule has 1 aliphatic heterocycles. The van der Waals surface area contributed by atoms with Gasteiger partial charge in [-0.15, -0.1) is 0 Å². The Hall–Kier alpha value is -0.163. The second-order valence-corrected chi connectivity index (χ2v) is 19.8. The van der Waals surface area contributed by atoms with E-state index in [1.165, 1.54) is 38.5 Å². The minimum absolute atomic E-state index is 0.212. The predicted molar refractivity (Wildman–Crippen MR) is 142 cm³/mol. The number of hydrogen-bond acceptors (Lipinski definition) is 3. The van der Waals surface area contributed by atoms with Gasteiger partial charge in [-0.1, -0.05) is 46.3 Å². The Morgan fingerprint density at radius 1 is 0.912 bits per heavy atom. The maximum absolute atomic E-state index is 7.02. The zero-order valence-electron chi connectivity index (χ0n) is 23.8. The molecule has 4 unspecified atom stereocenters. The van der Waals surface area contributed by atoms with Gasteiger partial charge in [-0.05, 0) is 118 Å². The number of allylic oxidation sites excluding steroid dienone is 2. The number of hydrogen-bond donors (Lipinski definition) is 0. The first-order chi connectivity index (χ1) is 15.6. The van der Waals surface area contributed by atoms with Crippen LogP contribution in [0, 0.1) is 34.5 Å². The fraction of sp³-hybridized carbons (Fsp3) is 0.933. The van der Waals surface area contributed by atoms with Crippen LogP contribution in [0.15, 0.2) is 11.6 Å². The first-order valence-electron chi connectivity index (χ1n) is 14.3. The molecule has 4 heteroatoms. The maximum atomic E-state index is 7.02. The Labute approximate surface area is 210 Å². The summed E-state index contributed by atoms with van der Waals surface area (Å²) in [4.78, 5) is 0. The van der Waals surface area contributed by atoms with Crippen molar-refractivity contribution in [2.24, 2.45) is 34.5 Å². The van der Waals surface area contributed by atoms with Gasteiger partial charge in [0.2, 0.25) is 0 Å². The van der Waals surface area contributed by atoms with E-state index in [1.54, 1.807) is 5.57 Å². The van der Waals surface area contributed by atoms with Gasteiger partial charge in [0.05, 0.1) is 12.2 Å². The largest absolute Gasteiger partial charge is 0.414 e. The normalized spacial score (nSPS) is 49.4. The molecule has 1 heterocycles. The molecular weight excluding hydrogens is 436 g/mol. The SMILES string of the molecule is CC=C1CCC2C3C(CC[C@]12C)[C@@]1(C)CC[C@H](O[Si](C)(C)C(C)(C)C)CC1[C@H]1OC(C)(C)O[C@H]31. The fourth-order valence-electron chi connectivity index (χ4n) is 9.17. The molecule has 0 aromatic heterocycles. The standard InChI is InChI=1S/C30H52O3Si/c1-11-19-12-13-21-24-22(15-17-29(19,21)7)30(8)16-14-20(33-34(9,10)27(2,3)4)18-23(30)25-26(24)32-28(5,6)31-25/h11,20-26H,12-18H2,1-10H3/t20-,21?,22?,23?,24?,25+,26+,29+,30+/m0/s1. The van der Waals surface area contributed by atoms with Crippen molar-refractivity contribution in [2.45, 2.75) is 143 Å². The zero-order chi connectivity index (χ0) is 24.9. The molecule has 0 bridgehead atoms. The van der Waals surface area contributed by atoms with Gasteiger partial charge in [0.25, 0.3) is 0 Å². The van der Waals surface area contributed by atoms with E-state index in [9.17, 15) is 0 Å². The van der Waals surface area contributed by atoms with E-state index in [4.69, 9.17) is 13.9 Å². The van der Waals surface area contributed by atoms with Crippen LogP contribution in [0.3, 0.4) is 0 Å². The van der Waals surface area contributed by atoms with Crippen molar-refractivity contribution in [1.29, 1.82) is 0 Å². The highest BCUT2D eigenvalue weighted by Crippen LogP contribution is 2.69. The van der Waals surface area contributed by atoms with Crippen LogP contribution < -0.4 is 0 Å². The lowest BCUT2D eigenvalue weighted by Crippen LogP contribution is -2.63. The minimum Gasteiger partial charge on any atom is -0.414 e. The average molecular weight is 489 g/mol. The van der Waals surface area contributed by atoms with E-state index in [2.05, 4.69) is 74.6 Å². The van der Waals surface area contributed by atoms with Gasteiger partial charge in [0.1, 0.15) is 0 Å². The molecule has 5 rings (SSSR count). The van der Waals surface area contributed by atoms with Crippen LogP contribution in [0.25, 0.3) is 0 Å². The van der Waals surface area contributed by atoms with Gasteiger partial charge in [-0.3, -0.25) is 0 Å². The molecule has 34 heavy (non-hydrogen) atoms. The molecule has 4 saturated carbocycles. The average Bonchev–Trinajstić information content (AvgIpc) is 3.22. The molecule has 5 aliphatic rings. The Morgan fingerprint density at radius 3 is 2.24 bits per heavy atom. The van der Waals surface area contributed by atoms with Crippen LogP contribution in [-0.4, -0.2) is 32.4 Å². The molecule has 3 nitrogen and oxygen atoms in total. The topological polar surface area (TPSA) is 27.7 Å². The van der Waals surface area contributed by atoms with Gasteiger partial charge >= 0.3 is 0 Å². The third-order valence-corrected chi connectivity index (χ3v) is 16.5. The van der Waals surface area contributed by atoms with Gasteiger partial charge < -0.3 is 13.9 Å². The van der Waals surface area contributed by atoms with Crippen molar-refractivity contribution >= 4 is 8.32 Å². The molecule has 0 aromatic carbocycles. The van der Waals surface area contributed by atoms with Crippen LogP contribution in [0.4, 0.5) is 0 Å². The highest BCUT2D eigenvalue weighted by molar-refractivity contribution is 6.74. The van der Waals surface area contributed by atoms with E-state index in [-0.39, 0.29) is 17.2 Å². The predicted octanol–water partition coefficient (Wildman–Crippen LogP) is 8.11. The van der Waals surface area contributed by atoms with Crippen LogP contribution in [0.2, 0.25) is 18.1 Å². The molecule has 194 valence electrons. The van der Waals surface area contributed by atoms with Crippen LogP contribution in [-0.2, 0) is 13.9 Å². The maximum Gasteiger partial charge on any atom is 0.192 e. The lowest BCUT2D eigenvalue weighted by molar-refractivity contribution is -0.181. The van der Waals surface area contributed by atoms with Crippen LogP contribution in [0.5, 0.6) is 0 Å². The van der Waals surface area contributed by atoms with Gasteiger partial charge in [0.15, 0.2) is 14.1 Å². The summed E-state index contributed by atoms with van der Waals surface area (Å²) in [6.07, 6.45) is 12.2. The lowest BCUT2D eigenvalue weighted by Gasteiger charge is -2.63. The van der Waals surface area contributed by atoms with Gasteiger partial charge in [-0.25, -0.2) is 0 Å². The van der Waals surface area contributed by atoms with E-state index >= 15 is 0 Å². The Morgan fingerprint density at radius 2 is 1.59 bits per heavy atom. The second kappa shape index (κ2) is 7.92. The summed E-state index contributed by atoms with van der Waals surface area (Å²) < 4.78 is 20.7. The van der Waals surface area contributed by atoms with Crippen molar-refractivity contribution in [2.75, 3.05) is 0 Å². The first kappa shape index (κ1) is 25.5. The number of rotatable bonds is 2. The Kier molecular flexibility index (Phi) is 5.93. The zero-order valence-corrected chi connectivity index (χ0v) is 24.8. The first-order valence-corrected chi connectivity index (χ1v) is 17.2. The summed E-state index contributed by atoms with van der Waals surface area (Å²) in [6.45, 7) is 23.7. The molecule has 4 aliphatic carbocycles. The molecule has 0 spiro atoms. The highest BCUT2D eigenvalue weighted by atomic mass is 28.4. The van der Waals surface area contributed by atoms with E-state index in [1.807, 2.05) is 0 Å². The number of ether oxygens (including phenoxy) is 2. The summed E-state index contributed by atoms with van der Waals surface area (Å²) in [7, 11) is -1.79. The third-order valence-electron chi connectivity index (χ3n) is 12.0. The molecule has 0 N–H and O–H groups in total. The summed E-state index contributed by atoms with van der Waals surface area (Å²) in [5.41, 5.74) is 2.41. The molecule has 0 radical (unpaired) electrons. The Bertz CT molecular complexity index is 840. The summed E-state index contributed by atoms with van der Waals surface area (Å²) in [6, 6.07) is 0. The molecular formula is C30H52O3Si. The monoisotopic (exact) mass is 488 g/mol. The smallest absolute Gasteiger partial charge is 0.192 e. The summed E-state index contributed by atoms with van der Waals surface area (Å²) in [5, 5.41) is 0.254.